The Bertz CT molecular complexity index is 1220. The van der Waals surface area contributed by atoms with Crippen molar-refractivity contribution in [3.63, 3.8) is 0 Å². The number of ether oxygens (including phenoxy) is 1. The van der Waals surface area contributed by atoms with Crippen molar-refractivity contribution >= 4 is 27.3 Å². The third-order valence-electron chi connectivity index (χ3n) is 7.95. The van der Waals surface area contributed by atoms with Crippen molar-refractivity contribution < 1.29 is 18.3 Å². The molecule has 0 amide bonds. The summed E-state index contributed by atoms with van der Waals surface area (Å²) in [5, 5.41) is 16.6. The van der Waals surface area contributed by atoms with Gasteiger partial charge in [0.2, 0.25) is 10.0 Å². The Kier molecular flexibility index (Phi) is 6.17. The number of aryl methyl sites for hydroxylation is 1. The summed E-state index contributed by atoms with van der Waals surface area (Å²) in [6.45, 7) is 5.65. The summed E-state index contributed by atoms with van der Waals surface area (Å²) in [4.78, 5) is 2.33. The third kappa shape index (κ3) is 4.24. The van der Waals surface area contributed by atoms with E-state index in [1.807, 2.05) is 6.07 Å². The lowest BCUT2D eigenvalue weighted by molar-refractivity contribution is 0.0460. The quantitative estimate of drug-likeness (QED) is 0.602. The molecule has 6 nitrogen and oxygen atoms in total. The van der Waals surface area contributed by atoms with Crippen molar-refractivity contribution in [2.75, 3.05) is 24.6 Å². The topological polar surface area (TPSA) is 92.9 Å². The molecular weight excluding hydrogens is 472 g/mol. The van der Waals surface area contributed by atoms with E-state index in [1.54, 1.807) is 18.2 Å². The van der Waals surface area contributed by atoms with Gasteiger partial charge in [-0.3, -0.25) is 0 Å². The fraction of sp³-hybridized carbons (Fsp3) is 0.462. The van der Waals surface area contributed by atoms with Gasteiger partial charge in [0.05, 0.1) is 23.3 Å². The zero-order valence-electron chi connectivity index (χ0n) is 19.1. The van der Waals surface area contributed by atoms with Crippen molar-refractivity contribution in [3.8, 4) is 5.75 Å². The van der Waals surface area contributed by atoms with E-state index in [2.05, 4.69) is 23.6 Å². The summed E-state index contributed by atoms with van der Waals surface area (Å²) in [7, 11) is -3.86. The third-order valence-corrected chi connectivity index (χ3v) is 9.09. The van der Waals surface area contributed by atoms with Crippen LogP contribution in [-0.4, -0.2) is 39.3 Å². The number of sulfonamides is 1. The number of benzene rings is 2. The maximum atomic E-state index is 12.1. The Labute approximate surface area is 206 Å². The molecule has 1 spiro atoms. The monoisotopic (exact) mass is 502 g/mol. The molecule has 0 aromatic heterocycles. The molecule has 0 radical (unpaired) electrons. The second-order valence-electron chi connectivity index (χ2n) is 10.0. The lowest BCUT2D eigenvalue weighted by Crippen LogP contribution is -2.49. The van der Waals surface area contributed by atoms with Crippen LogP contribution in [0.15, 0.2) is 53.9 Å². The number of halogens is 1. The summed E-state index contributed by atoms with van der Waals surface area (Å²) in [6.07, 6.45) is 6.02. The number of primary sulfonamides is 1. The number of hydrogen-bond donors (Lipinski definition) is 2. The van der Waals surface area contributed by atoms with E-state index >= 15 is 0 Å². The highest BCUT2D eigenvalue weighted by molar-refractivity contribution is 7.89. The molecule has 4 atom stereocenters. The smallest absolute Gasteiger partial charge is 0.238 e. The van der Waals surface area contributed by atoms with Crippen LogP contribution in [0.1, 0.15) is 36.8 Å². The number of rotatable bonds is 5. The molecule has 34 heavy (non-hydrogen) atoms. The summed E-state index contributed by atoms with van der Waals surface area (Å²) in [6, 6.07) is 11.0. The molecule has 2 aliphatic carbocycles. The molecule has 1 heterocycles. The van der Waals surface area contributed by atoms with Crippen LogP contribution in [0.5, 0.6) is 5.75 Å². The Hall–Kier alpha value is -2.06. The summed E-state index contributed by atoms with van der Waals surface area (Å²) < 4.78 is 30.6. The number of aliphatic hydroxyl groups is 1. The fourth-order valence-electron chi connectivity index (χ4n) is 6.00. The van der Waals surface area contributed by atoms with E-state index in [0.717, 1.165) is 42.8 Å². The van der Waals surface area contributed by atoms with Gasteiger partial charge >= 0.3 is 0 Å². The number of nitrogens with zero attached hydrogens (tertiary/aromatic N) is 1. The number of fused-ring (bicyclic) bond motifs is 3. The zero-order chi connectivity index (χ0) is 24.1. The molecule has 1 saturated carbocycles. The molecule has 0 saturated heterocycles. The summed E-state index contributed by atoms with van der Waals surface area (Å²) in [5.74, 6) is 1.09. The normalized spacial score (nSPS) is 27.1. The van der Waals surface area contributed by atoms with Crippen LogP contribution in [0.2, 0.25) is 5.02 Å². The van der Waals surface area contributed by atoms with Crippen LogP contribution in [0.3, 0.4) is 0 Å². The van der Waals surface area contributed by atoms with Gasteiger partial charge in [-0.05, 0) is 85.4 Å². The van der Waals surface area contributed by atoms with Crippen LogP contribution in [0.4, 0.5) is 5.69 Å². The van der Waals surface area contributed by atoms with Gasteiger partial charge in [-0.1, -0.05) is 23.7 Å². The van der Waals surface area contributed by atoms with Crippen LogP contribution in [-0.2, 0) is 21.9 Å². The second kappa shape index (κ2) is 8.86. The lowest BCUT2D eigenvalue weighted by atomic mass is 9.68. The molecule has 3 aliphatic rings. The largest absolute Gasteiger partial charge is 0.490 e. The Morgan fingerprint density at radius 1 is 1.29 bits per heavy atom. The van der Waals surface area contributed by atoms with Crippen molar-refractivity contribution in [1.82, 2.24) is 0 Å². The van der Waals surface area contributed by atoms with E-state index in [-0.39, 0.29) is 22.1 Å². The van der Waals surface area contributed by atoms with Gasteiger partial charge in [0, 0.05) is 23.5 Å². The summed E-state index contributed by atoms with van der Waals surface area (Å²) in [5.41, 5.74) is 3.00. The van der Waals surface area contributed by atoms with Crippen LogP contribution < -0.4 is 14.8 Å². The molecule has 8 heteroatoms. The molecule has 1 aliphatic heterocycles. The van der Waals surface area contributed by atoms with E-state index in [4.69, 9.17) is 21.5 Å². The first-order valence-electron chi connectivity index (χ1n) is 11.8. The van der Waals surface area contributed by atoms with E-state index in [1.165, 1.54) is 17.2 Å². The Morgan fingerprint density at radius 2 is 2.12 bits per heavy atom. The zero-order valence-corrected chi connectivity index (χ0v) is 20.7. The van der Waals surface area contributed by atoms with Gasteiger partial charge in [0.25, 0.3) is 0 Å². The predicted octanol–water partition coefficient (Wildman–Crippen LogP) is 4.03. The highest BCUT2D eigenvalue weighted by Gasteiger charge is 2.44. The average molecular weight is 503 g/mol. The molecule has 2 aromatic carbocycles. The molecule has 0 bridgehead atoms. The van der Waals surface area contributed by atoms with Gasteiger partial charge in [-0.15, -0.1) is 6.58 Å². The molecule has 3 N–H and O–H groups in total. The van der Waals surface area contributed by atoms with Crippen molar-refractivity contribution in [2.45, 2.75) is 48.5 Å². The first-order chi connectivity index (χ1) is 16.2. The summed E-state index contributed by atoms with van der Waals surface area (Å²) >= 11 is 6.31. The van der Waals surface area contributed by atoms with Gasteiger partial charge < -0.3 is 14.7 Å². The van der Waals surface area contributed by atoms with Crippen molar-refractivity contribution in [1.29, 1.82) is 0 Å². The molecular formula is C26H31ClN2O4S. The fourth-order valence-corrected chi connectivity index (χ4v) is 6.73. The molecule has 1 fully saturated rings. The van der Waals surface area contributed by atoms with Gasteiger partial charge in [-0.25, -0.2) is 13.6 Å². The average Bonchev–Trinajstić information content (AvgIpc) is 2.93. The molecule has 0 unspecified atom stereocenters. The van der Waals surface area contributed by atoms with Gasteiger partial charge in [0.15, 0.2) is 0 Å². The number of hydrogen-bond acceptors (Lipinski definition) is 5. The minimum absolute atomic E-state index is 0.0721. The standard InChI is InChI=1S/C26H31ClN2O4S/c1-2-24(30)21-8-5-18(21)14-29-15-26(11-3-4-17-12-19(27)6-9-22(17)26)16-33-25-10-7-20(13-23(25)29)34(28,31)32/h2,6-7,9-10,12-13,18,21,24,30H,1,3-5,8,11,14-16H2,(H2,28,31,32)/t18-,21+,24-,26-/m0/s1. The molecule has 2 aromatic rings. The Balaban J connectivity index is 1.57. The maximum Gasteiger partial charge on any atom is 0.238 e. The SMILES string of the molecule is C=C[C@H](O)[C@@H]1CC[C@H]1CN1C[C@@]2(CCCc3cc(Cl)ccc32)COc2ccc(S(N)(=O)=O)cc21. The van der Waals surface area contributed by atoms with Crippen molar-refractivity contribution in [2.24, 2.45) is 17.0 Å². The maximum absolute atomic E-state index is 12.1. The Morgan fingerprint density at radius 3 is 2.82 bits per heavy atom. The molecule has 5 rings (SSSR count). The van der Waals surface area contributed by atoms with Gasteiger partial charge in [-0.2, -0.15) is 0 Å². The number of nitrogens with two attached hydrogens (primary N) is 1. The van der Waals surface area contributed by atoms with Crippen molar-refractivity contribution in [3.05, 3.63) is 65.2 Å². The van der Waals surface area contributed by atoms with Crippen LogP contribution in [0, 0.1) is 11.8 Å². The minimum Gasteiger partial charge on any atom is -0.490 e. The highest BCUT2D eigenvalue weighted by Crippen LogP contribution is 2.46. The van der Waals surface area contributed by atoms with E-state index in [9.17, 15) is 13.5 Å². The number of anilines is 1. The number of aliphatic hydroxyl groups excluding tert-OH is 1. The first-order valence-corrected chi connectivity index (χ1v) is 13.8. The lowest BCUT2D eigenvalue weighted by Gasteiger charge is -2.45. The minimum atomic E-state index is -3.86. The second-order valence-corrected chi connectivity index (χ2v) is 12.0. The highest BCUT2D eigenvalue weighted by atomic mass is 35.5. The van der Waals surface area contributed by atoms with E-state index < -0.39 is 16.1 Å². The van der Waals surface area contributed by atoms with Crippen LogP contribution in [0.25, 0.3) is 0 Å². The first kappa shape index (κ1) is 23.7. The predicted molar refractivity (Wildman–Crippen MR) is 134 cm³/mol. The molecule has 182 valence electrons. The van der Waals surface area contributed by atoms with E-state index in [0.29, 0.717) is 25.4 Å². The van der Waals surface area contributed by atoms with Gasteiger partial charge in [0.1, 0.15) is 5.75 Å². The van der Waals surface area contributed by atoms with Crippen LogP contribution >= 0.6 is 11.6 Å².